The van der Waals surface area contributed by atoms with Gasteiger partial charge in [0.15, 0.2) is 0 Å². The number of ether oxygens (including phenoxy) is 1. The quantitative estimate of drug-likeness (QED) is 0.691. The Morgan fingerprint density at radius 2 is 1.83 bits per heavy atom. The molecule has 23 heavy (non-hydrogen) atoms. The Kier molecular flexibility index (Phi) is 8.96. The predicted molar refractivity (Wildman–Crippen MR) is 96.7 cm³/mol. The molecule has 2 N–H and O–H groups in total. The molecule has 4 heteroatoms. The van der Waals surface area contributed by atoms with Crippen LogP contribution in [0, 0.1) is 11.8 Å². The average molecular weight is 327 g/mol. The van der Waals surface area contributed by atoms with Crippen LogP contribution in [0.3, 0.4) is 0 Å². The van der Waals surface area contributed by atoms with Gasteiger partial charge in [0.2, 0.25) is 0 Å². The second kappa shape index (κ2) is 10.2. The molecule has 0 saturated heterocycles. The van der Waals surface area contributed by atoms with Gasteiger partial charge in [-0.05, 0) is 52.0 Å². The van der Waals surface area contributed by atoms with Gasteiger partial charge < -0.3 is 15.4 Å². The Morgan fingerprint density at radius 3 is 2.39 bits per heavy atom. The Bertz CT molecular complexity index is 331. The molecule has 1 aliphatic rings. The van der Waals surface area contributed by atoms with Crippen molar-refractivity contribution in [3.05, 3.63) is 0 Å². The molecule has 1 fully saturated rings. The number of rotatable bonds is 8. The summed E-state index contributed by atoms with van der Waals surface area (Å²) in [5.41, 5.74) is -0.438. The van der Waals surface area contributed by atoms with Crippen LogP contribution in [0.2, 0.25) is 0 Å². The summed E-state index contributed by atoms with van der Waals surface area (Å²) in [7, 11) is 0. The van der Waals surface area contributed by atoms with Crippen molar-refractivity contribution >= 4 is 6.09 Å². The third-order valence-electron chi connectivity index (χ3n) is 4.36. The molecule has 1 aliphatic carbocycles. The van der Waals surface area contributed by atoms with Crippen LogP contribution in [0.1, 0.15) is 79.6 Å². The van der Waals surface area contributed by atoms with E-state index in [1.807, 2.05) is 20.8 Å². The lowest BCUT2D eigenvalue weighted by atomic mass is 9.87. The van der Waals surface area contributed by atoms with Gasteiger partial charge in [0, 0.05) is 12.6 Å². The monoisotopic (exact) mass is 326 g/mol. The van der Waals surface area contributed by atoms with Gasteiger partial charge in [-0.1, -0.05) is 46.0 Å². The van der Waals surface area contributed by atoms with Gasteiger partial charge in [-0.15, -0.1) is 0 Å². The van der Waals surface area contributed by atoms with Crippen LogP contribution in [0.5, 0.6) is 0 Å². The normalized spacial score (nSPS) is 18.0. The Labute approximate surface area is 143 Å². The molecular formula is C19H38N2O2. The maximum absolute atomic E-state index is 11.8. The second-order valence-electron chi connectivity index (χ2n) is 8.46. The van der Waals surface area contributed by atoms with E-state index in [-0.39, 0.29) is 6.09 Å². The van der Waals surface area contributed by atoms with Crippen molar-refractivity contribution in [2.24, 2.45) is 11.8 Å². The molecule has 0 heterocycles. The van der Waals surface area contributed by atoms with E-state index in [9.17, 15) is 4.79 Å². The zero-order valence-corrected chi connectivity index (χ0v) is 15.9. The molecule has 0 radical (unpaired) electrons. The standard InChI is InChI=1S/C19H38N2O2/c1-15(2)13-17(14-21-18(22)23-19(3,4)5)20-12-11-16-9-7-6-8-10-16/h15-17,20H,6-14H2,1-5H3,(H,21,22). The first-order valence-electron chi connectivity index (χ1n) is 9.46. The van der Waals surface area contributed by atoms with E-state index in [0.717, 1.165) is 18.9 Å². The topological polar surface area (TPSA) is 50.4 Å². The van der Waals surface area contributed by atoms with Crippen molar-refractivity contribution in [3.8, 4) is 0 Å². The Balaban J connectivity index is 2.29. The highest BCUT2D eigenvalue weighted by atomic mass is 16.6. The minimum absolute atomic E-state index is 0.319. The molecule has 0 aromatic rings. The molecule has 4 nitrogen and oxygen atoms in total. The summed E-state index contributed by atoms with van der Waals surface area (Å²) < 4.78 is 5.31. The van der Waals surface area contributed by atoms with Crippen molar-refractivity contribution in [3.63, 3.8) is 0 Å². The van der Waals surface area contributed by atoms with E-state index in [1.54, 1.807) is 0 Å². The lowest BCUT2D eigenvalue weighted by Gasteiger charge is -2.25. The predicted octanol–water partition coefficient (Wildman–Crippen LogP) is 4.49. The number of hydrogen-bond acceptors (Lipinski definition) is 3. The molecule has 1 unspecified atom stereocenters. The number of carbonyl (C=O) groups is 1. The highest BCUT2D eigenvalue weighted by Gasteiger charge is 2.18. The smallest absolute Gasteiger partial charge is 0.407 e. The third kappa shape index (κ3) is 10.6. The lowest BCUT2D eigenvalue weighted by molar-refractivity contribution is 0.0520. The van der Waals surface area contributed by atoms with Gasteiger partial charge in [0.25, 0.3) is 0 Å². The number of hydrogen-bond donors (Lipinski definition) is 2. The minimum atomic E-state index is -0.438. The summed E-state index contributed by atoms with van der Waals surface area (Å²) in [4.78, 5) is 11.8. The zero-order valence-electron chi connectivity index (χ0n) is 15.9. The Morgan fingerprint density at radius 1 is 1.17 bits per heavy atom. The van der Waals surface area contributed by atoms with E-state index in [1.165, 1.54) is 38.5 Å². The summed E-state index contributed by atoms with van der Waals surface area (Å²) in [6.07, 6.45) is 9.03. The van der Waals surface area contributed by atoms with Crippen LogP contribution >= 0.6 is 0 Å². The minimum Gasteiger partial charge on any atom is -0.444 e. The maximum Gasteiger partial charge on any atom is 0.407 e. The highest BCUT2D eigenvalue weighted by molar-refractivity contribution is 5.67. The lowest BCUT2D eigenvalue weighted by Crippen LogP contribution is -2.43. The van der Waals surface area contributed by atoms with Gasteiger partial charge in [-0.3, -0.25) is 0 Å². The van der Waals surface area contributed by atoms with Crippen molar-refractivity contribution in [2.45, 2.75) is 91.2 Å². The van der Waals surface area contributed by atoms with Gasteiger partial charge in [-0.25, -0.2) is 4.79 Å². The molecule has 1 rings (SSSR count). The van der Waals surface area contributed by atoms with Crippen LogP contribution in [0.15, 0.2) is 0 Å². The molecular weight excluding hydrogens is 288 g/mol. The van der Waals surface area contributed by atoms with Crippen molar-refractivity contribution in [2.75, 3.05) is 13.1 Å². The highest BCUT2D eigenvalue weighted by Crippen LogP contribution is 2.25. The van der Waals surface area contributed by atoms with Gasteiger partial charge in [0.05, 0.1) is 0 Å². The van der Waals surface area contributed by atoms with Gasteiger partial charge in [-0.2, -0.15) is 0 Å². The fourth-order valence-electron chi connectivity index (χ4n) is 3.30. The first kappa shape index (κ1) is 20.3. The van der Waals surface area contributed by atoms with Crippen molar-refractivity contribution < 1.29 is 9.53 Å². The summed E-state index contributed by atoms with van der Waals surface area (Å²) in [6.45, 7) is 11.8. The number of amides is 1. The summed E-state index contributed by atoms with van der Waals surface area (Å²) in [5.74, 6) is 1.51. The van der Waals surface area contributed by atoms with E-state index in [2.05, 4.69) is 24.5 Å². The van der Waals surface area contributed by atoms with Crippen molar-refractivity contribution in [1.29, 1.82) is 0 Å². The molecule has 0 aliphatic heterocycles. The fraction of sp³-hybridized carbons (Fsp3) is 0.947. The van der Waals surface area contributed by atoms with Crippen molar-refractivity contribution in [1.82, 2.24) is 10.6 Å². The van der Waals surface area contributed by atoms with E-state index in [4.69, 9.17) is 4.74 Å². The van der Waals surface area contributed by atoms with Gasteiger partial charge >= 0.3 is 6.09 Å². The molecule has 1 atom stereocenters. The maximum atomic E-state index is 11.8. The van der Waals surface area contributed by atoms with Gasteiger partial charge in [0.1, 0.15) is 5.60 Å². The Hall–Kier alpha value is -0.770. The molecule has 0 aromatic heterocycles. The number of carbonyl (C=O) groups excluding carboxylic acids is 1. The molecule has 0 bridgehead atoms. The summed E-state index contributed by atoms with van der Waals surface area (Å²) >= 11 is 0. The summed E-state index contributed by atoms with van der Waals surface area (Å²) in [5, 5.41) is 6.56. The molecule has 0 spiro atoms. The second-order valence-corrected chi connectivity index (χ2v) is 8.46. The number of alkyl carbamates (subject to hydrolysis) is 1. The molecule has 0 aromatic carbocycles. The first-order chi connectivity index (χ1) is 10.8. The van der Waals surface area contributed by atoms with Crippen LogP contribution in [-0.4, -0.2) is 30.8 Å². The van der Waals surface area contributed by atoms with Crippen LogP contribution < -0.4 is 10.6 Å². The van der Waals surface area contributed by atoms with E-state index < -0.39 is 5.60 Å². The molecule has 1 saturated carbocycles. The summed E-state index contributed by atoms with van der Waals surface area (Å²) in [6, 6.07) is 0.325. The SMILES string of the molecule is CC(C)CC(CNC(=O)OC(C)(C)C)NCCC1CCCCC1. The zero-order chi connectivity index (χ0) is 17.3. The molecule has 136 valence electrons. The van der Waals surface area contributed by atoms with E-state index in [0.29, 0.717) is 18.5 Å². The van der Waals surface area contributed by atoms with Crippen LogP contribution in [0.4, 0.5) is 4.79 Å². The largest absolute Gasteiger partial charge is 0.444 e. The van der Waals surface area contributed by atoms with Crippen LogP contribution in [-0.2, 0) is 4.74 Å². The van der Waals surface area contributed by atoms with E-state index >= 15 is 0 Å². The first-order valence-corrected chi connectivity index (χ1v) is 9.46. The third-order valence-corrected chi connectivity index (χ3v) is 4.36. The fourth-order valence-corrected chi connectivity index (χ4v) is 3.30. The number of nitrogens with one attached hydrogen (secondary N) is 2. The average Bonchev–Trinajstić information content (AvgIpc) is 2.43. The molecule has 1 amide bonds. The van der Waals surface area contributed by atoms with Crippen LogP contribution in [0.25, 0.3) is 0 Å².